The van der Waals surface area contributed by atoms with Crippen molar-refractivity contribution in [3.05, 3.63) is 114 Å². The van der Waals surface area contributed by atoms with E-state index in [1.165, 1.54) is 31.4 Å². The Bertz CT molecular complexity index is 1390. The van der Waals surface area contributed by atoms with Gasteiger partial charge in [0, 0.05) is 18.1 Å². The van der Waals surface area contributed by atoms with Gasteiger partial charge in [-0.1, -0.05) is 60.7 Å². The van der Waals surface area contributed by atoms with E-state index in [0.717, 1.165) is 28.8 Å². The van der Waals surface area contributed by atoms with Crippen molar-refractivity contribution in [2.45, 2.75) is 12.5 Å². The van der Waals surface area contributed by atoms with Crippen LogP contribution in [-0.4, -0.2) is 30.1 Å². The molecule has 0 bridgehead atoms. The smallest absolute Gasteiger partial charge is 0.328 e. The number of phenols is 1. The van der Waals surface area contributed by atoms with Crippen LogP contribution in [0.15, 0.2) is 91.0 Å². The van der Waals surface area contributed by atoms with Gasteiger partial charge in [-0.05, 0) is 46.5 Å². The molecule has 0 fully saturated rings. The van der Waals surface area contributed by atoms with Gasteiger partial charge in [0.1, 0.15) is 23.4 Å². The molecule has 7 heteroatoms. The van der Waals surface area contributed by atoms with Crippen LogP contribution in [0.2, 0.25) is 0 Å². The summed E-state index contributed by atoms with van der Waals surface area (Å²) in [6.07, 6.45) is 0.153. The van der Waals surface area contributed by atoms with Crippen molar-refractivity contribution in [2.24, 2.45) is 0 Å². The molecule has 0 unspecified atom stereocenters. The van der Waals surface area contributed by atoms with Crippen LogP contribution in [0, 0.1) is 11.6 Å². The first kappa shape index (κ1) is 24.6. The Balaban J connectivity index is 1.55. The highest BCUT2D eigenvalue weighted by Gasteiger charge is 2.24. The quantitative estimate of drug-likeness (QED) is 0.337. The van der Waals surface area contributed by atoms with Gasteiger partial charge in [-0.25, -0.2) is 13.6 Å². The number of hydrogen-bond donors (Lipinski definition) is 2. The number of aromatic hydroxyl groups is 1. The van der Waals surface area contributed by atoms with E-state index in [4.69, 9.17) is 4.74 Å². The summed E-state index contributed by atoms with van der Waals surface area (Å²) in [5.74, 6) is -3.29. The van der Waals surface area contributed by atoms with Crippen LogP contribution < -0.4 is 5.32 Å². The van der Waals surface area contributed by atoms with Crippen molar-refractivity contribution in [2.75, 3.05) is 7.11 Å². The molecular weight excluding hydrogens is 464 g/mol. The molecule has 0 aliphatic rings. The Morgan fingerprint density at radius 1 is 0.861 bits per heavy atom. The first-order chi connectivity index (χ1) is 17.4. The third kappa shape index (κ3) is 5.58. The van der Waals surface area contributed by atoms with Gasteiger partial charge in [-0.3, -0.25) is 4.79 Å². The van der Waals surface area contributed by atoms with Crippen molar-refractivity contribution >= 4 is 11.9 Å². The Hall–Kier alpha value is -4.52. The molecule has 0 saturated carbocycles. The van der Waals surface area contributed by atoms with Gasteiger partial charge >= 0.3 is 5.97 Å². The number of carbonyl (C=O) groups is 2. The number of esters is 1. The van der Waals surface area contributed by atoms with Crippen molar-refractivity contribution in [3.63, 3.8) is 0 Å². The molecule has 0 aliphatic carbocycles. The van der Waals surface area contributed by atoms with Crippen molar-refractivity contribution in [3.8, 4) is 28.0 Å². The Morgan fingerprint density at radius 2 is 1.53 bits per heavy atom. The number of halogens is 2. The molecule has 0 aliphatic heterocycles. The fourth-order valence-corrected chi connectivity index (χ4v) is 3.88. The van der Waals surface area contributed by atoms with E-state index in [1.54, 1.807) is 0 Å². The predicted molar refractivity (Wildman–Crippen MR) is 132 cm³/mol. The fraction of sp³-hybridized carbons (Fsp3) is 0.103. The van der Waals surface area contributed by atoms with Crippen LogP contribution >= 0.6 is 0 Å². The van der Waals surface area contributed by atoms with Gasteiger partial charge in [0.25, 0.3) is 5.91 Å². The average molecular weight is 488 g/mol. The maximum absolute atomic E-state index is 14.2. The van der Waals surface area contributed by atoms with Crippen LogP contribution in [0.4, 0.5) is 8.78 Å². The summed E-state index contributed by atoms with van der Waals surface area (Å²) in [5, 5.41) is 12.9. The lowest BCUT2D eigenvalue weighted by atomic mass is 9.99. The number of phenolic OH excluding ortho intramolecular Hbond substituents is 1. The van der Waals surface area contributed by atoms with E-state index in [1.807, 2.05) is 54.6 Å². The molecule has 2 N–H and O–H groups in total. The molecule has 0 aromatic heterocycles. The monoisotopic (exact) mass is 487 g/mol. The molecule has 1 amide bonds. The lowest BCUT2D eigenvalue weighted by Gasteiger charge is -2.18. The minimum Gasteiger partial charge on any atom is -0.507 e. The molecule has 4 aromatic carbocycles. The third-order valence-corrected chi connectivity index (χ3v) is 5.78. The third-order valence-electron chi connectivity index (χ3n) is 5.78. The topological polar surface area (TPSA) is 75.6 Å². The molecule has 0 saturated heterocycles. The number of ether oxygens (including phenoxy) is 1. The van der Waals surface area contributed by atoms with Crippen LogP contribution in [0.25, 0.3) is 22.3 Å². The largest absolute Gasteiger partial charge is 0.507 e. The fourth-order valence-electron chi connectivity index (χ4n) is 3.88. The van der Waals surface area contributed by atoms with Crippen molar-refractivity contribution in [1.29, 1.82) is 0 Å². The summed E-state index contributed by atoms with van der Waals surface area (Å²) in [4.78, 5) is 25.5. The lowest BCUT2D eigenvalue weighted by molar-refractivity contribution is -0.142. The highest BCUT2D eigenvalue weighted by atomic mass is 19.1. The second kappa shape index (κ2) is 10.8. The van der Waals surface area contributed by atoms with Crippen LogP contribution in [0.3, 0.4) is 0 Å². The molecule has 0 heterocycles. The SMILES string of the molecule is COC(=O)[C@H](Cc1ccc(-c2ccccc2)cc1)NC(=O)c1cc(-c2ccc(F)cc2F)ccc1O. The summed E-state index contributed by atoms with van der Waals surface area (Å²) in [5.41, 5.74) is 3.01. The number of hydrogen-bond acceptors (Lipinski definition) is 4. The Labute approximate surface area is 207 Å². The van der Waals surface area contributed by atoms with Gasteiger partial charge in [0.15, 0.2) is 0 Å². The summed E-state index contributed by atoms with van der Waals surface area (Å²) < 4.78 is 32.4. The molecular formula is C29H23F2NO4. The van der Waals surface area contributed by atoms with Gasteiger partial charge in [-0.15, -0.1) is 0 Å². The van der Waals surface area contributed by atoms with Crippen LogP contribution in [0.5, 0.6) is 5.75 Å². The Kier molecular flexibility index (Phi) is 7.39. The lowest BCUT2D eigenvalue weighted by Crippen LogP contribution is -2.43. The number of benzene rings is 4. The Morgan fingerprint density at radius 3 is 2.19 bits per heavy atom. The van der Waals surface area contributed by atoms with E-state index < -0.39 is 29.6 Å². The molecule has 0 spiro atoms. The van der Waals surface area contributed by atoms with Gasteiger partial charge in [0.05, 0.1) is 12.7 Å². The standard InChI is InChI=1S/C29H23F2NO4/c1-36-29(35)26(15-18-7-9-20(10-8-18)19-5-3-2-4-6-19)32-28(34)24-16-21(11-14-27(24)33)23-13-12-22(30)17-25(23)31/h2-14,16-17,26,33H,15H2,1H3,(H,32,34)/t26-/m0/s1. The van der Waals surface area contributed by atoms with E-state index in [-0.39, 0.29) is 28.9 Å². The molecule has 0 radical (unpaired) electrons. The van der Waals surface area contributed by atoms with E-state index in [9.17, 15) is 23.5 Å². The number of methoxy groups -OCH3 is 1. The second-order valence-electron chi connectivity index (χ2n) is 8.17. The number of amides is 1. The normalized spacial score (nSPS) is 11.5. The summed E-state index contributed by atoms with van der Waals surface area (Å²) in [7, 11) is 1.22. The van der Waals surface area contributed by atoms with Crippen molar-refractivity contribution in [1.82, 2.24) is 5.32 Å². The van der Waals surface area contributed by atoms with Gasteiger partial charge in [-0.2, -0.15) is 0 Å². The zero-order valence-corrected chi connectivity index (χ0v) is 19.4. The van der Waals surface area contributed by atoms with Gasteiger partial charge in [0.2, 0.25) is 0 Å². The van der Waals surface area contributed by atoms with Crippen molar-refractivity contribution < 1.29 is 28.2 Å². The molecule has 182 valence electrons. The molecule has 36 heavy (non-hydrogen) atoms. The molecule has 4 rings (SSSR count). The highest BCUT2D eigenvalue weighted by molar-refractivity contribution is 6.00. The van der Waals surface area contributed by atoms with Gasteiger partial charge < -0.3 is 15.2 Å². The number of nitrogens with one attached hydrogen (secondary N) is 1. The maximum atomic E-state index is 14.2. The average Bonchev–Trinajstić information content (AvgIpc) is 2.89. The summed E-state index contributed by atoms with van der Waals surface area (Å²) in [6.45, 7) is 0. The number of rotatable bonds is 7. The van der Waals surface area contributed by atoms with Crippen LogP contribution in [0.1, 0.15) is 15.9 Å². The van der Waals surface area contributed by atoms with Crippen LogP contribution in [-0.2, 0) is 16.0 Å². The van der Waals surface area contributed by atoms with E-state index in [2.05, 4.69) is 5.32 Å². The second-order valence-corrected chi connectivity index (χ2v) is 8.17. The summed E-state index contributed by atoms with van der Waals surface area (Å²) >= 11 is 0. The molecule has 5 nitrogen and oxygen atoms in total. The van der Waals surface area contributed by atoms with E-state index in [0.29, 0.717) is 0 Å². The summed E-state index contributed by atoms with van der Waals surface area (Å²) in [6, 6.07) is 23.4. The van der Waals surface area contributed by atoms with E-state index >= 15 is 0 Å². The number of carbonyl (C=O) groups excluding carboxylic acids is 2. The minimum atomic E-state index is -1.03. The zero-order chi connectivity index (χ0) is 25.7. The molecule has 1 atom stereocenters. The maximum Gasteiger partial charge on any atom is 0.328 e. The first-order valence-corrected chi connectivity index (χ1v) is 11.2. The molecule has 4 aromatic rings. The zero-order valence-electron chi connectivity index (χ0n) is 19.4. The highest BCUT2D eigenvalue weighted by Crippen LogP contribution is 2.28. The predicted octanol–water partition coefficient (Wildman–Crippen LogP) is 5.52. The first-order valence-electron chi connectivity index (χ1n) is 11.2. The minimum absolute atomic E-state index is 0.0634.